The van der Waals surface area contributed by atoms with E-state index in [0.29, 0.717) is 12.0 Å². The number of nitrogens with one attached hydrogen (secondary N) is 1. The van der Waals surface area contributed by atoms with Gasteiger partial charge in [0.2, 0.25) is 0 Å². The molecular weight excluding hydrogens is 390 g/mol. The van der Waals surface area contributed by atoms with Crippen molar-refractivity contribution in [3.63, 3.8) is 0 Å². The van der Waals surface area contributed by atoms with E-state index < -0.39 is 16.8 Å². The Kier molecular flexibility index (Phi) is 7.08. The van der Waals surface area contributed by atoms with Crippen molar-refractivity contribution in [2.75, 3.05) is 5.75 Å². The zero-order valence-electron chi connectivity index (χ0n) is 14.6. The van der Waals surface area contributed by atoms with Crippen molar-refractivity contribution in [2.24, 2.45) is 5.10 Å². The number of hydrogen-bond donors (Lipinski definition) is 2. The summed E-state index contributed by atoms with van der Waals surface area (Å²) in [5, 5.41) is 24.4. The Morgan fingerprint density at radius 3 is 2.67 bits per heavy atom. The fourth-order valence-corrected chi connectivity index (χ4v) is 4.75. The number of carboxylic acids is 1. The summed E-state index contributed by atoms with van der Waals surface area (Å²) in [4.78, 5) is 34.9. The van der Waals surface area contributed by atoms with Crippen LogP contribution in [0.2, 0.25) is 0 Å². The Morgan fingerprint density at radius 1 is 1.37 bits per heavy atom. The first kappa shape index (κ1) is 20.6. The summed E-state index contributed by atoms with van der Waals surface area (Å²) < 4.78 is 0.801. The number of thiophene rings is 1. The second-order valence-electron chi connectivity index (χ2n) is 5.17. The highest BCUT2D eigenvalue weighted by Crippen LogP contribution is 2.35. The van der Waals surface area contributed by atoms with Gasteiger partial charge in [-0.1, -0.05) is 26.0 Å². The third-order valence-corrected chi connectivity index (χ3v) is 6.02. The lowest BCUT2D eigenvalue weighted by molar-refractivity contribution is -0.385. The fourth-order valence-electron chi connectivity index (χ4n) is 2.35. The topological polar surface area (TPSA) is 122 Å². The molecule has 2 aromatic rings. The molecule has 27 heavy (non-hydrogen) atoms. The van der Waals surface area contributed by atoms with E-state index in [1.807, 2.05) is 13.8 Å². The molecular formula is C17H17N3O5S2. The molecule has 0 aliphatic carbocycles. The first-order valence-electron chi connectivity index (χ1n) is 7.99. The zero-order valence-corrected chi connectivity index (χ0v) is 16.2. The smallest absolute Gasteiger partial charge is 0.337 e. The molecule has 0 aliphatic heterocycles. The van der Waals surface area contributed by atoms with E-state index in [4.69, 9.17) is 0 Å². The summed E-state index contributed by atoms with van der Waals surface area (Å²) in [6.45, 7) is 3.82. The molecule has 1 heterocycles. The number of carboxylic acid groups (broad SMARTS) is 1. The number of aryl methyl sites for hydroxylation is 1. The molecule has 0 unspecified atom stereocenters. The lowest BCUT2D eigenvalue weighted by Gasteiger charge is -2.02. The van der Waals surface area contributed by atoms with Gasteiger partial charge in [0.1, 0.15) is 5.56 Å². The first-order valence-corrected chi connectivity index (χ1v) is 9.79. The van der Waals surface area contributed by atoms with E-state index >= 15 is 0 Å². The van der Waals surface area contributed by atoms with Gasteiger partial charge in [0, 0.05) is 16.5 Å². The second-order valence-corrected chi connectivity index (χ2v) is 7.80. The highest BCUT2D eigenvalue weighted by Gasteiger charge is 2.22. The van der Waals surface area contributed by atoms with Crippen LogP contribution in [-0.4, -0.2) is 33.9 Å². The number of thioether (sulfide) groups is 1. The summed E-state index contributed by atoms with van der Waals surface area (Å²) in [7, 11) is 0. The van der Waals surface area contributed by atoms with Crippen molar-refractivity contribution in [1.29, 1.82) is 0 Å². The molecule has 0 aliphatic rings. The molecule has 2 rings (SSSR count). The van der Waals surface area contributed by atoms with Gasteiger partial charge >= 0.3 is 5.97 Å². The van der Waals surface area contributed by atoms with Crippen LogP contribution in [0.4, 0.5) is 5.69 Å². The number of nitro groups is 1. The number of carbonyl (C=O) groups excluding carboxylic acids is 1. The molecule has 0 saturated carbocycles. The molecule has 1 aromatic carbocycles. The molecule has 0 saturated heterocycles. The van der Waals surface area contributed by atoms with Crippen LogP contribution in [0.25, 0.3) is 0 Å². The normalized spacial score (nSPS) is 10.9. The Bertz CT molecular complexity index is 908. The van der Waals surface area contributed by atoms with Gasteiger partial charge in [-0.15, -0.1) is 23.1 Å². The average molecular weight is 407 g/mol. The van der Waals surface area contributed by atoms with Crippen LogP contribution >= 0.6 is 23.1 Å². The number of carbonyl (C=O) groups is 2. The molecule has 0 spiro atoms. The van der Waals surface area contributed by atoms with E-state index in [2.05, 4.69) is 10.5 Å². The summed E-state index contributed by atoms with van der Waals surface area (Å²) in [5.74, 6) is -1.05. The van der Waals surface area contributed by atoms with Gasteiger partial charge in [-0.2, -0.15) is 5.10 Å². The predicted octanol–water partition coefficient (Wildman–Crippen LogP) is 3.79. The van der Waals surface area contributed by atoms with Crippen LogP contribution < -0.4 is 5.43 Å². The van der Waals surface area contributed by atoms with Crippen LogP contribution in [0.5, 0.6) is 0 Å². The van der Waals surface area contributed by atoms with Gasteiger partial charge in [0.25, 0.3) is 11.6 Å². The number of para-hydroxylation sites is 1. The van der Waals surface area contributed by atoms with Gasteiger partial charge in [-0.25, -0.2) is 10.2 Å². The second kappa shape index (κ2) is 9.28. The van der Waals surface area contributed by atoms with Crippen LogP contribution in [0.1, 0.15) is 45.0 Å². The maximum absolute atomic E-state index is 12.2. The Labute approximate surface area is 163 Å². The maximum atomic E-state index is 12.2. The standard InChI is InChI=1S/C17H17N3O5S2/c1-3-13-14(16(22)23)11(17(27-13)26-4-2)9-18-19-15(21)10-7-5-6-8-12(10)20(24)25/h5-9H,3-4H2,1-2H3,(H,19,21)(H,22,23)/b18-9-. The third kappa shape index (κ3) is 4.72. The summed E-state index contributed by atoms with van der Waals surface area (Å²) >= 11 is 2.88. The van der Waals surface area contributed by atoms with Crippen LogP contribution in [0.3, 0.4) is 0 Å². The quantitative estimate of drug-likeness (QED) is 0.297. The van der Waals surface area contributed by atoms with Crippen LogP contribution in [0.15, 0.2) is 33.6 Å². The SMILES string of the molecule is CCSc1sc(CC)c(C(=O)O)c1/C=N\NC(=O)c1ccccc1[N+](=O)[O-]. The zero-order chi connectivity index (χ0) is 20.0. The Hall–Kier alpha value is -2.72. The predicted molar refractivity (Wildman–Crippen MR) is 105 cm³/mol. The van der Waals surface area contributed by atoms with E-state index in [0.717, 1.165) is 14.8 Å². The minimum absolute atomic E-state index is 0.124. The lowest BCUT2D eigenvalue weighted by atomic mass is 10.1. The van der Waals surface area contributed by atoms with Gasteiger partial charge in [0.05, 0.1) is 20.9 Å². The molecule has 142 valence electrons. The molecule has 0 atom stereocenters. The molecule has 8 nitrogen and oxygen atoms in total. The van der Waals surface area contributed by atoms with Crippen LogP contribution in [-0.2, 0) is 6.42 Å². The highest BCUT2D eigenvalue weighted by atomic mass is 32.2. The van der Waals surface area contributed by atoms with E-state index in [-0.39, 0.29) is 16.8 Å². The molecule has 0 bridgehead atoms. The molecule has 2 N–H and O–H groups in total. The highest BCUT2D eigenvalue weighted by molar-refractivity contribution is 8.01. The number of aromatic carboxylic acids is 1. The lowest BCUT2D eigenvalue weighted by Crippen LogP contribution is -2.19. The number of nitro benzene ring substituents is 1. The minimum atomic E-state index is -1.06. The molecule has 10 heteroatoms. The maximum Gasteiger partial charge on any atom is 0.337 e. The van der Waals surface area contributed by atoms with Gasteiger partial charge in [-0.05, 0) is 18.2 Å². The van der Waals surface area contributed by atoms with Crippen molar-refractivity contribution in [2.45, 2.75) is 24.5 Å². The largest absolute Gasteiger partial charge is 0.478 e. The monoisotopic (exact) mass is 407 g/mol. The number of nitrogens with zero attached hydrogens (tertiary/aromatic N) is 2. The Balaban J connectivity index is 2.31. The van der Waals surface area contributed by atoms with Crippen LogP contribution in [0, 0.1) is 10.1 Å². The first-order chi connectivity index (χ1) is 12.9. The van der Waals surface area contributed by atoms with Crippen molar-refractivity contribution < 1.29 is 19.6 Å². The van der Waals surface area contributed by atoms with Crippen molar-refractivity contribution in [1.82, 2.24) is 5.43 Å². The average Bonchev–Trinajstić information content (AvgIpc) is 2.99. The minimum Gasteiger partial charge on any atom is -0.478 e. The number of hydrogen-bond acceptors (Lipinski definition) is 7. The summed E-state index contributed by atoms with van der Waals surface area (Å²) in [5.41, 5.74) is 2.38. The van der Waals surface area contributed by atoms with Crippen molar-refractivity contribution in [3.05, 3.63) is 55.9 Å². The number of benzene rings is 1. The van der Waals surface area contributed by atoms with Gasteiger partial charge < -0.3 is 5.11 Å². The van der Waals surface area contributed by atoms with Crippen molar-refractivity contribution >= 4 is 46.9 Å². The fraction of sp³-hybridized carbons (Fsp3) is 0.235. The summed E-state index contributed by atoms with van der Waals surface area (Å²) in [6.07, 6.45) is 1.85. The van der Waals surface area contributed by atoms with Crippen molar-refractivity contribution in [3.8, 4) is 0 Å². The van der Waals surface area contributed by atoms with E-state index in [1.165, 1.54) is 53.6 Å². The van der Waals surface area contributed by atoms with Gasteiger partial charge in [0.15, 0.2) is 0 Å². The number of hydrazone groups is 1. The third-order valence-electron chi connectivity index (χ3n) is 3.50. The molecule has 1 amide bonds. The molecule has 0 fully saturated rings. The molecule has 0 radical (unpaired) electrons. The molecule has 1 aromatic heterocycles. The van der Waals surface area contributed by atoms with E-state index in [1.54, 1.807) is 0 Å². The number of rotatable bonds is 8. The Morgan fingerprint density at radius 2 is 2.07 bits per heavy atom. The summed E-state index contributed by atoms with van der Waals surface area (Å²) in [6, 6.07) is 5.52. The van der Waals surface area contributed by atoms with E-state index in [9.17, 15) is 24.8 Å². The number of amides is 1. The van der Waals surface area contributed by atoms with Gasteiger partial charge in [-0.3, -0.25) is 14.9 Å².